The van der Waals surface area contributed by atoms with Gasteiger partial charge in [0.1, 0.15) is 0 Å². The van der Waals surface area contributed by atoms with E-state index in [1.165, 1.54) is 16.7 Å². The molecule has 0 fully saturated rings. The summed E-state index contributed by atoms with van der Waals surface area (Å²) in [5.74, 6) is 0. The smallest absolute Gasteiger partial charge is 0.0441 e. The highest BCUT2D eigenvalue weighted by Crippen LogP contribution is 2.25. The quantitative estimate of drug-likeness (QED) is 0.841. The van der Waals surface area contributed by atoms with Gasteiger partial charge in [-0.3, -0.25) is 4.98 Å². The summed E-state index contributed by atoms with van der Waals surface area (Å²) in [6, 6.07) is 10.7. The van der Waals surface area contributed by atoms with Crippen LogP contribution in [0.3, 0.4) is 0 Å². The van der Waals surface area contributed by atoms with Crippen LogP contribution in [0.4, 0.5) is 0 Å². The first kappa shape index (κ1) is 16.0. The van der Waals surface area contributed by atoms with Crippen molar-refractivity contribution >= 4 is 11.6 Å². The summed E-state index contributed by atoms with van der Waals surface area (Å²) in [6.07, 6.45) is 3.83. The molecule has 0 aliphatic heterocycles. The molecule has 0 bridgehead atoms. The SMILES string of the molecule is CCCNC(Cc1ccc(C)cc1Cl)c1cccnc1C. The van der Waals surface area contributed by atoms with Crippen molar-refractivity contribution in [3.63, 3.8) is 0 Å². The van der Waals surface area contributed by atoms with Gasteiger partial charge in [0.05, 0.1) is 0 Å². The van der Waals surface area contributed by atoms with Crippen LogP contribution in [0.15, 0.2) is 36.5 Å². The molecule has 1 unspecified atom stereocenters. The Labute approximate surface area is 132 Å². The van der Waals surface area contributed by atoms with E-state index in [1.807, 2.05) is 18.3 Å². The van der Waals surface area contributed by atoms with E-state index in [-0.39, 0.29) is 6.04 Å². The van der Waals surface area contributed by atoms with Gasteiger partial charge in [-0.05, 0) is 62.1 Å². The molecule has 2 rings (SSSR count). The minimum absolute atomic E-state index is 0.249. The van der Waals surface area contributed by atoms with Gasteiger partial charge in [0.25, 0.3) is 0 Å². The molecule has 0 spiro atoms. The molecule has 1 N–H and O–H groups in total. The summed E-state index contributed by atoms with van der Waals surface area (Å²) in [5.41, 5.74) is 4.70. The maximum absolute atomic E-state index is 6.39. The predicted molar refractivity (Wildman–Crippen MR) is 89.9 cm³/mol. The number of aromatic nitrogens is 1. The maximum Gasteiger partial charge on any atom is 0.0441 e. The monoisotopic (exact) mass is 302 g/mol. The van der Waals surface area contributed by atoms with Crippen LogP contribution in [0.5, 0.6) is 0 Å². The highest BCUT2D eigenvalue weighted by Gasteiger charge is 2.15. The van der Waals surface area contributed by atoms with Gasteiger partial charge in [-0.2, -0.15) is 0 Å². The zero-order valence-electron chi connectivity index (χ0n) is 13.0. The number of halogens is 1. The van der Waals surface area contributed by atoms with Crippen LogP contribution < -0.4 is 5.32 Å². The van der Waals surface area contributed by atoms with Crippen molar-refractivity contribution in [1.29, 1.82) is 0 Å². The number of hydrogen-bond donors (Lipinski definition) is 1. The third-order valence-corrected chi connectivity index (χ3v) is 4.05. The van der Waals surface area contributed by atoms with E-state index < -0.39 is 0 Å². The van der Waals surface area contributed by atoms with Crippen LogP contribution in [-0.4, -0.2) is 11.5 Å². The molecular weight excluding hydrogens is 280 g/mol. The number of nitrogens with one attached hydrogen (secondary N) is 1. The average Bonchev–Trinajstić information content (AvgIpc) is 2.46. The second-order valence-corrected chi connectivity index (χ2v) is 5.89. The van der Waals surface area contributed by atoms with Gasteiger partial charge < -0.3 is 5.32 Å². The Morgan fingerprint density at radius 3 is 2.71 bits per heavy atom. The van der Waals surface area contributed by atoms with Crippen molar-refractivity contribution in [3.05, 3.63) is 63.9 Å². The molecule has 1 aromatic heterocycles. The number of hydrogen-bond acceptors (Lipinski definition) is 2. The highest BCUT2D eigenvalue weighted by molar-refractivity contribution is 6.31. The number of rotatable bonds is 6. The van der Waals surface area contributed by atoms with Crippen LogP contribution in [-0.2, 0) is 6.42 Å². The fourth-order valence-corrected chi connectivity index (χ4v) is 2.83. The predicted octanol–water partition coefficient (Wildman–Crippen LogP) is 4.64. The maximum atomic E-state index is 6.39. The van der Waals surface area contributed by atoms with Crippen molar-refractivity contribution in [1.82, 2.24) is 10.3 Å². The van der Waals surface area contributed by atoms with Gasteiger partial charge >= 0.3 is 0 Å². The van der Waals surface area contributed by atoms with Crippen molar-refractivity contribution in [2.24, 2.45) is 0 Å². The largest absolute Gasteiger partial charge is 0.310 e. The third kappa shape index (κ3) is 4.29. The third-order valence-electron chi connectivity index (χ3n) is 3.70. The molecule has 1 heterocycles. The summed E-state index contributed by atoms with van der Waals surface area (Å²) in [7, 11) is 0. The van der Waals surface area contributed by atoms with Gasteiger partial charge in [0, 0.05) is 23.0 Å². The molecule has 3 heteroatoms. The van der Waals surface area contributed by atoms with Crippen LogP contribution in [0, 0.1) is 13.8 Å². The van der Waals surface area contributed by atoms with Crippen LogP contribution in [0.2, 0.25) is 5.02 Å². The van der Waals surface area contributed by atoms with E-state index in [9.17, 15) is 0 Å². The Morgan fingerprint density at radius 2 is 2.05 bits per heavy atom. The number of pyridine rings is 1. The van der Waals surface area contributed by atoms with Crippen molar-refractivity contribution < 1.29 is 0 Å². The minimum Gasteiger partial charge on any atom is -0.310 e. The van der Waals surface area contributed by atoms with Crippen molar-refractivity contribution in [2.45, 2.75) is 39.7 Å². The van der Waals surface area contributed by atoms with E-state index >= 15 is 0 Å². The van der Waals surface area contributed by atoms with Gasteiger partial charge in [-0.25, -0.2) is 0 Å². The molecule has 1 aromatic carbocycles. The Hall–Kier alpha value is -1.38. The Kier molecular flexibility index (Phi) is 5.77. The van der Waals surface area contributed by atoms with Gasteiger partial charge in [-0.15, -0.1) is 0 Å². The zero-order chi connectivity index (χ0) is 15.2. The van der Waals surface area contributed by atoms with Crippen molar-refractivity contribution in [2.75, 3.05) is 6.54 Å². The lowest BCUT2D eigenvalue weighted by molar-refractivity contribution is 0.525. The molecule has 0 saturated heterocycles. The molecule has 0 saturated carbocycles. The summed E-state index contributed by atoms with van der Waals surface area (Å²) in [5, 5.41) is 4.47. The number of aryl methyl sites for hydroxylation is 2. The molecule has 0 aliphatic rings. The topological polar surface area (TPSA) is 24.9 Å². The molecule has 1 atom stereocenters. The first-order valence-corrected chi connectivity index (χ1v) is 7.89. The molecule has 0 radical (unpaired) electrons. The Balaban J connectivity index is 2.26. The van der Waals surface area contributed by atoms with Crippen LogP contribution in [0.25, 0.3) is 0 Å². The molecule has 2 aromatic rings. The number of nitrogens with zero attached hydrogens (tertiary/aromatic N) is 1. The summed E-state index contributed by atoms with van der Waals surface area (Å²) < 4.78 is 0. The summed E-state index contributed by atoms with van der Waals surface area (Å²) >= 11 is 6.39. The standard InChI is InChI=1S/C18H23ClN2/c1-4-9-21-18(16-6-5-10-20-14(16)3)12-15-8-7-13(2)11-17(15)19/h5-8,10-11,18,21H,4,9,12H2,1-3H3. The lowest BCUT2D eigenvalue weighted by Gasteiger charge is -2.21. The second-order valence-electron chi connectivity index (χ2n) is 5.48. The van der Waals surface area contributed by atoms with E-state index in [4.69, 9.17) is 11.6 Å². The summed E-state index contributed by atoms with van der Waals surface area (Å²) in [4.78, 5) is 4.41. The molecule has 2 nitrogen and oxygen atoms in total. The molecule has 0 amide bonds. The second kappa shape index (κ2) is 7.58. The minimum atomic E-state index is 0.249. The number of benzene rings is 1. The normalized spacial score (nSPS) is 12.4. The zero-order valence-corrected chi connectivity index (χ0v) is 13.7. The fraction of sp³-hybridized carbons (Fsp3) is 0.389. The average molecular weight is 303 g/mol. The highest BCUT2D eigenvalue weighted by atomic mass is 35.5. The van der Waals surface area contributed by atoms with E-state index in [1.54, 1.807) is 0 Å². The molecule has 21 heavy (non-hydrogen) atoms. The Morgan fingerprint density at radius 1 is 1.24 bits per heavy atom. The van der Waals surface area contributed by atoms with Crippen LogP contribution in [0.1, 0.15) is 41.8 Å². The first-order chi connectivity index (χ1) is 10.1. The molecule has 0 aliphatic carbocycles. The fourth-order valence-electron chi connectivity index (χ4n) is 2.51. The van der Waals surface area contributed by atoms with Gasteiger partial charge in [0.2, 0.25) is 0 Å². The Bertz CT molecular complexity index is 596. The molecule has 112 valence electrons. The lowest BCUT2D eigenvalue weighted by Crippen LogP contribution is -2.25. The first-order valence-electron chi connectivity index (χ1n) is 7.51. The van der Waals surface area contributed by atoms with Gasteiger partial charge in [0.15, 0.2) is 0 Å². The van der Waals surface area contributed by atoms with E-state index in [0.717, 1.165) is 30.1 Å². The van der Waals surface area contributed by atoms with E-state index in [0.29, 0.717) is 0 Å². The lowest BCUT2D eigenvalue weighted by atomic mass is 9.97. The van der Waals surface area contributed by atoms with E-state index in [2.05, 4.69) is 49.3 Å². The van der Waals surface area contributed by atoms with Crippen molar-refractivity contribution in [3.8, 4) is 0 Å². The molecular formula is C18H23ClN2. The van der Waals surface area contributed by atoms with Gasteiger partial charge in [-0.1, -0.05) is 36.7 Å². The van der Waals surface area contributed by atoms with Crippen LogP contribution >= 0.6 is 11.6 Å². The summed E-state index contributed by atoms with van der Waals surface area (Å²) in [6.45, 7) is 7.29.